The molecule has 0 bridgehead atoms. The minimum absolute atomic E-state index is 0.300. The van der Waals surface area contributed by atoms with Crippen LogP contribution in [-0.4, -0.2) is 48.3 Å². The molecule has 1 fully saturated rings. The average molecular weight is 302 g/mol. The Balaban J connectivity index is 1.63. The second-order valence-electron chi connectivity index (χ2n) is 6.61. The molecule has 1 aromatic rings. The monoisotopic (exact) mass is 302 g/mol. The first-order valence-corrected chi connectivity index (χ1v) is 8.44. The molecule has 0 radical (unpaired) electrons. The third-order valence-corrected chi connectivity index (χ3v) is 4.30. The highest BCUT2D eigenvalue weighted by atomic mass is 16.3. The van der Waals surface area contributed by atoms with E-state index >= 15 is 0 Å². The molecule has 1 heterocycles. The lowest BCUT2D eigenvalue weighted by atomic mass is 10.0. The normalized spacial score (nSPS) is 18.1. The highest BCUT2D eigenvalue weighted by Crippen LogP contribution is 2.11. The summed E-state index contributed by atoms with van der Waals surface area (Å²) < 4.78 is 0. The van der Waals surface area contributed by atoms with Crippen molar-refractivity contribution in [2.24, 2.45) is 0 Å². The molecule has 22 heavy (non-hydrogen) atoms. The first-order valence-electron chi connectivity index (χ1n) is 8.44. The van der Waals surface area contributed by atoms with Crippen LogP contribution in [0.4, 0.5) is 0 Å². The number of nitrogens with one attached hydrogen (secondary N) is 1. The van der Waals surface area contributed by atoms with E-state index in [-0.39, 0.29) is 6.10 Å². The molecule has 1 aliphatic heterocycles. The van der Waals surface area contributed by atoms with Crippen LogP contribution in [0.5, 0.6) is 0 Å². The zero-order valence-electron chi connectivity index (χ0n) is 14.0. The smallest absolute Gasteiger partial charge is 0.0704 e. The predicted octanol–water partition coefficient (Wildman–Crippen LogP) is 2.61. The fourth-order valence-corrected chi connectivity index (χ4v) is 2.89. The molecule has 0 aliphatic carbocycles. The number of aliphatic hydroxyl groups is 1. The Morgan fingerprint density at radius 2 is 1.95 bits per heavy atom. The molecule has 3 heteroatoms. The van der Waals surface area contributed by atoms with Crippen molar-refractivity contribution in [2.45, 2.75) is 45.3 Å². The summed E-state index contributed by atoms with van der Waals surface area (Å²) in [5.41, 5.74) is 2.60. The van der Waals surface area contributed by atoms with E-state index in [0.717, 1.165) is 26.1 Å². The van der Waals surface area contributed by atoms with E-state index in [1.54, 1.807) is 0 Å². The van der Waals surface area contributed by atoms with Gasteiger partial charge in [0.2, 0.25) is 0 Å². The van der Waals surface area contributed by atoms with Gasteiger partial charge in [-0.05, 0) is 51.8 Å². The number of nitrogens with zero attached hydrogens (tertiary/aromatic N) is 1. The van der Waals surface area contributed by atoms with Crippen LogP contribution in [0.2, 0.25) is 0 Å². The number of allylic oxidation sites excluding steroid dienone is 1. The maximum Gasteiger partial charge on any atom is 0.0704 e. The second kappa shape index (κ2) is 9.09. The fourth-order valence-electron chi connectivity index (χ4n) is 2.89. The first kappa shape index (κ1) is 17.2. The third kappa shape index (κ3) is 6.30. The van der Waals surface area contributed by atoms with Gasteiger partial charge in [0.1, 0.15) is 0 Å². The van der Waals surface area contributed by atoms with E-state index in [9.17, 15) is 5.11 Å². The lowest BCUT2D eigenvalue weighted by Gasteiger charge is -2.32. The summed E-state index contributed by atoms with van der Waals surface area (Å²) in [5.74, 6) is 0. The molecule has 0 aromatic heterocycles. The van der Waals surface area contributed by atoms with E-state index in [1.165, 1.54) is 24.0 Å². The minimum Gasteiger partial charge on any atom is -0.391 e. The molecule has 2 rings (SSSR count). The number of aliphatic hydroxyl groups excluding tert-OH is 1. The minimum atomic E-state index is -0.300. The van der Waals surface area contributed by atoms with Crippen LogP contribution in [0.15, 0.2) is 42.0 Å². The third-order valence-electron chi connectivity index (χ3n) is 4.30. The first-order chi connectivity index (χ1) is 10.6. The summed E-state index contributed by atoms with van der Waals surface area (Å²) in [6.07, 6.45) is 5.08. The van der Waals surface area contributed by atoms with Crippen LogP contribution >= 0.6 is 0 Å². The largest absolute Gasteiger partial charge is 0.391 e. The van der Waals surface area contributed by atoms with Gasteiger partial charge < -0.3 is 10.4 Å². The number of piperidine rings is 1. The lowest BCUT2D eigenvalue weighted by Crippen LogP contribution is -2.44. The van der Waals surface area contributed by atoms with E-state index in [2.05, 4.69) is 42.3 Å². The molecule has 1 unspecified atom stereocenters. The van der Waals surface area contributed by atoms with Crippen molar-refractivity contribution in [2.75, 3.05) is 26.2 Å². The molecule has 0 amide bonds. The molecule has 1 atom stereocenters. The topological polar surface area (TPSA) is 35.5 Å². The van der Waals surface area contributed by atoms with Crippen LogP contribution < -0.4 is 5.32 Å². The van der Waals surface area contributed by atoms with E-state index in [1.807, 2.05) is 18.2 Å². The zero-order valence-corrected chi connectivity index (χ0v) is 14.0. The maximum atomic E-state index is 10.1. The lowest BCUT2D eigenvalue weighted by molar-refractivity contribution is 0.153. The van der Waals surface area contributed by atoms with Crippen LogP contribution in [0.1, 0.15) is 32.3 Å². The van der Waals surface area contributed by atoms with Gasteiger partial charge in [-0.3, -0.25) is 4.90 Å². The summed E-state index contributed by atoms with van der Waals surface area (Å²) in [7, 11) is 0. The maximum absolute atomic E-state index is 10.1. The fraction of sp³-hybridized carbons (Fsp3) is 0.579. The number of hydrogen-bond acceptors (Lipinski definition) is 3. The SMILES string of the molecule is CC(C)=CCN1CCC(NCC(O)Cc2ccccc2)CC1. The molecule has 2 N–H and O–H groups in total. The number of likely N-dealkylation sites (tertiary alicyclic amines) is 1. The van der Waals surface area contributed by atoms with Gasteiger partial charge in [0.05, 0.1) is 6.10 Å². The van der Waals surface area contributed by atoms with Gasteiger partial charge >= 0.3 is 0 Å². The Hall–Kier alpha value is -1.16. The van der Waals surface area contributed by atoms with E-state index in [4.69, 9.17) is 0 Å². The molecule has 122 valence electrons. The highest BCUT2D eigenvalue weighted by Gasteiger charge is 2.18. The van der Waals surface area contributed by atoms with Crippen LogP contribution in [0.25, 0.3) is 0 Å². The molecule has 1 aliphatic rings. The van der Waals surface area contributed by atoms with Crippen molar-refractivity contribution in [3.63, 3.8) is 0 Å². The summed E-state index contributed by atoms with van der Waals surface area (Å²) in [6.45, 7) is 8.37. The Morgan fingerprint density at radius 1 is 1.27 bits per heavy atom. The summed E-state index contributed by atoms with van der Waals surface area (Å²) >= 11 is 0. The highest BCUT2D eigenvalue weighted by molar-refractivity contribution is 5.15. The number of rotatable bonds is 7. The van der Waals surface area contributed by atoms with Gasteiger partial charge in [-0.1, -0.05) is 42.0 Å². The van der Waals surface area contributed by atoms with Crippen molar-refractivity contribution >= 4 is 0 Å². The Morgan fingerprint density at radius 3 is 2.59 bits per heavy atom. The van der Waals surface area contributed by atoms with Gasteiger partial charge in [-0.15, -0.1) is 0 Å². The van der Waals surface area contributed by atoms with Crippen molar-refractivity contribution in [3.05, 3.63) is 47.5 Å². The van der Waals surface area contributed by atoms with Crippen LogP contribution in [0, 0.1) is 0 Å². The molecule has 1 saturated heterocycles. The van der Waals surface area contributed by atoms with Gasteiger partial charge in [0.25, 0.3) is 0 Å². The average Bonchev–Trinajstić information content (AvgIpc) is 2.53. The van der Waals surface area contributed by atoms with E-state index < -0.39 is 0 Å². The van der Waals surface area contributed by atoms with Gasteiger partial charge in [0, 0.05) is 19.1 Å². The van der Waals surface area contributed by atoms with Crippen molar-refractivity contribution in [1.29, 1.82) is 0 Å². The Bertz CT molecular complexity index is 446. The Kier molecular flexibility index (Phi) is 7.10. The quantitative estimate of drug-likeness (QED) is 0.760. The standard InChI is InChI=1S/C19H30N2O/c1-16(2)8-11-21-12-9-18(10-13-21)20-15-19(22)14-17-6-4-3-5-7-17/h3-8,18-20,22H,9-15H2,1-2H3. The summed E-state index contributed by atoms with van der Waals surface area (Å²) in [5, 5.41) is 13.7. The van der Waals surface area contributed by atoms with E-state index in [0.29, 0.717) is 12.6 Å². The van der Waals surface area contributed by atoms with Gasteiger partial charge in [-0.2, -0.15) is 0 Å². The number of hydrogen-bond donors (Lipinski definition) is 2. The molecule has 1 aromatic carbocycles. The van der Waals surface area contributed by atoms with Crippen molar-refractivity contribution in [1.82, 2.24) is 10.2 Å². The molecule has 0 saturated carbocycles. The van der Waals surface area contributed by atoms with Crippen LogP contribution in [0.3, 0.4) is 0 Å². The zero-order chi connectivity index (χ0) is 15.8. The van der Waals surface area contributed by atoms with Gasteiger partial charge in [0.15, 0.2) is 0 Å². The van der Waals surface area contributed by atoms with Gasteiger partial charge in [-0.25, -0.2) is 0 Å². The van der Waals surface area contributed by atoms with Crippen molar-refractivity contribution < 1.29 is 5.11 Å². The van der Waals surface area contributed by atoms with Crippen molar-refractivity contribution in [3.8, 4) is 0 Å². The predicted molar refractivity (Wildman–Crippen MR) is 93.0 cm³/mol. The number of benzene rings is 1. The molecular weight excluding hydrogens is 272 g/mol. The summed E-state index contributed by atoms with van der Waals surface area (Å²) in [6, 6.07) is 10.8. The molecule has 0 spiro atoms. The summed E-state index contributed by atoms with van der Waals surface area (Å²) in [4.78, 5) is 2.51. The molecular formula is C19H30N2O. The Labute approximate surface area is 135 Å². The van der Waals surface area contributed by atoms with Crippen LogP contribution in [-0.2, 0) is 6.42 Å². The molecule has 3 nitrogen and oxygen atoms in total. The second-order valence-corrected chi connectivity index (χ2v) is 6.61.